The van der Waals surface area contributed by atoms with Gasteiger partial charge in [-0.1, -0.05) is 12.1 Å². The number of nitrogen functional groups attached to an aromatic ring is 1. The van der Waals surface area contributed by atoms with Gasteiger partial charge in [0.15, 0.2) is 11.1 Å². The Labute approximate surface area is 206 Å². The summed E-state index contributed by atoms with van der Waals surface area (Å²) in [6.07, 6.45) is 2.14. The summed E-state index contributed by atoms with van der Waals surface area (Å²) in [5.74, 6) is 0.0955. The number of benzene rings is 2. The fraction of sp³-hybridized carbons (Fsp3) is 0.333. The lowest BCUT2D eigenvalue weighted by Crippen LogP contribution is -2.21. The molecule has 2 aromatic heterocycles. The molecule has 9 nitrogen and oxygen atoms in total. The van der Waals surface area contributed by atoms with E-state index in [1.54, 1.807) is 12.1 Å². The summed E-state index contributed by atoms with van der Waals surface area (Å²) in [5, 5.41) is 13.5. The molecule has 2 aliphatic rings. The Morgan fingerprint density at radius 3 is 2.83 bits per heavy atom. The maximum absolute atomic E-state index is 13.7. The average Bonchev–Trinajstić information content (AvgIpc) is 3.40. The monoisotopic (exact) mass is 483 g/mol. The molecule has 0 unspecified atom stereocenters. The molecule has 3 N–H and O–H groups in total. The molecule has 1 saturated heterocycles. The molecule has 2 atom stereocenters. The van der Waals surface area contributed by atoms with Crippen molar-refractivity contribution in [1.29, 1.82) is 5.26 Å². The van der Waals surface area contributed by atoms with Crippen molar-refractivity contribution in [3.8, 4) is 17.2 Å². The first kappa shape index (κ1) is 22.3. The highest BCUT2D eigenvalue weighted by atomic mass is 16.5. The van der Waals surface area contributed by atoms with Gasteiger partial charge in [-0.15, -0.1) is 0 Å². The van der Waals surface area contributed by atoms with E-state index < -0.39 is 0 Å². The predicted molar refractivity (Wildman–Crippen MR) is 134 cm³/mol. The molecule has 36 heavy (non-hydrogen) atoms. The molecule has 2 aromatic carbocycles. The minimum Gasteiger partial charge on any atom is -0.461 e. The number of carbonyl (C=O) groups is 1. The van der Waals surface area contributed by atoms with Gasteiger partial charge in [-0.05, 0) is 54.7 Å². The van der Waals surface area contributed by atoms with E-state index in [1.807, 2.05) is 29.7 Å². The van der Waals surface area contributed by atoms with Crippen molar-refractivity contribution in [2.45, 2.75) is 51.3 Å². The first-order valence-corrected chi connectivity index (χ1v) is 12.0. The first-order valence-electron chi connectivity index (χ1n) is 12.0. The smallest absolute Gasteiger partial charge is 0.302 e. The van der Waals surface area contributed by atoms with Crippen LogP contribution in [0.4, 0.5) is 5.69 Å². The number of esters is 1. The van der Waals surface area contributed by atoms with Gasteiger partial charge in [-0.3, -0.25) is 9.59 Å². The highest BCUT2D eigenvalue weighted by molar-refractivity contribution is 6.04. The van der Waals surface area contributed by atoms with Crippen molar-refractivity contribution in [1.82, 2.24) is 14.9 Å². The second-order valence-electron chi connectivity index (χ2n) is 9.61. The predicted octanol–water partition coefficient (Wildman–Crippen LogP) is 3.87. The number of fused-ring (bicyclic) bond motifs is 3. The van der Waals surface area contributed by atoms with Crippen molar-refractivity contribution in [3.63, 3.8) is 0 Å². The number of nitriles is 1. The van der Waals surface area contributed by atoms with Crippen molar-refractivity contribution in [3.05, 3.63) is 57.7 Å². The Hall–Kier alpha value is -4.16. The third-order valence-electron chi connectivity index (χ3n) is 7.10. The third-order valence-corrected chi connectivity index (χ3v) is 7.10. The second kappa shape index (κ2) is 8.21. The lowest BCUT2D eigenvalue weighted by Gasteiger charge is -2.15. The zero-order valence-electron chi connectivity index (χ0n) is 20.0. The molecule has 4 aromatic rings. The summed E-state index contributed by atoms with van der Waals surface area (Å²) >= 11 is 0. The summed E-state index contributed by atoms with van der Waals surface area (Å²) in [6.45, 7) is 3.88. The number of hydrogen-bond donors (Lipinski definition) is 2. The maximum Gasteiger partial charge on any atom is 0.302 e. The third kappa shape index (κ3) is 3.53. The van der Waals surface area contributed by atoms with E-state index in [1.165, 1.54) is 6.92 Å². The van der Waals surface area contributed by atoms with Crippen LogP contribution in [0, 0.1) is 18.3 Å². The van der Waals surface area contributed by atoms with Crippen LogP contribution in [0.1, 0.15) is 55.3 Å². The molecular weight excluding hydrogens is 458 g/mol. The minimum absolute atomic E-state index is 0.123. The molecule has 1 aliphatic carbocycles. The van der Waals surface area contributed by atoms with E-state index in [4.69, 9.17) is 14.9 Å². The molecule has 6 rings (SSSR count). The van der Waals surface area contributed by atoms with Crippen LogP contribution in [0.25, 0.3) is 33.1 Å². The van der Waals surface area contributed by atoms with Gasteiger partial charge < -0.3 is 24.8 Å². The Morgan fingerprint density at radius 2 is 2.11 bits per heavy atom. The topological polar surface area (TPSA) is 136 Å². The number of oxazole rings is 1. The van der Waals surface area contributed by atoms with Gasteiger partial charge in [0, 0.05) is 37.0 Å². The van der Waals surface area contributed by atoms with Gasteiger partial charge in [0.2, 0.25) is 5.89 Å². The zero-order chi connectivity index (χ0) is 25.1. The van der Waals surface area contributed by atoms with Crippen molar-refractivity contribution in [2.24, 2.45) is 0 Å². The molecule has 1 saturated carbocycles. The highest BCUT2D eigenvalue weighted by Gasteiger charge is 2.34. The summed E-state index contributed by atoms with van der Waals surface area (Å²) in [7, 11) is 0. The summed E-state index contributed by atoms with van der Waals surface area (Å²) < 4.78 is 13.4. The normalized spacial score (nSPS) is 19.6. The number of pyridine rings is 1. The summed E-state index contributed by atoms with van der Waals surface area (Å²) in [6, 6.07) is 11.4. The summed E-state index contributed by atoms with van der Waals surface area (Å²) in [4.78, 5) is 29.7. The number of aromatic nitrogens is 2. The SMILES string of the molecule is CC(=O)O[C@H]1CN[C@@H](c2nc3c(=O)n(C4CC4)c4c(C)c(-c5ccc(N)c(C#N)c5)ccc4c3o2)C1. The number of rotatable bonds is 4. The molecule has 2 fully saturated rings. The van der Waals surface area contributed by atoms with E-state index in [0.717, 1.165) is 40.4 Å². The van der Waals surface area contributed by atoms with Crippen LogP contribution >= 0.6 is 0 Å². The van der Waals surface area contributed by atoms with Crippen LogP contribution in [0.2, 0.25) is 0 Å². The second-order valence-corrected chi connectivity index (χ2v) is 9.61. The van der Waals surface area contributed by atoms with Gasteiger partial charge in [-0.2, -0.15) is 5.26 Å². The van der Waals surface area contributed by atoms with Crippen molar-refractivity contribution in [2.75, 3.05) is 12.3 Å². The highest BCUT2D eigenvalue weighted by Crippen LogP contribution is 2.41. The number of anilines is 1. The van der Waals surface area contributed by atoms with Crippen LogP contribution in [-0.2, 0) is 9.53 Å². The Kier molecular flexibility index (Phi) is 5.09. The molecule has 182 valence electrons. The standard InChI is InChI=1S/C27H25N5O4/c1-13-19(15-3-8-21(29)16(9-15)11-28)6-7-20-24(13)32(17-4-5-17)27(34)23-25(20)36-26(31-23)22-10-18(12-30-22)35-14(2)33/h3,6-9,17-18,22,30H,4-5,10,12,29H2,1-2H3/t18-,22-/m1/s1. The molecule has 9 heteroatoms. The van der Waals surface area contributed by atoms with E-state index >= 15 is 0 Å². The zero-order valence-corrected chi connectivity index (χ0v) is 20.0. The van der Waals surface area contributed by atoms with Crippen LogP contribution in [0.15, 0.2) is 39.5 Å². The Balaban J connectivity index is 1.53. The van der Waals surface area contributed by atoms with E-state index in [9.17, 15) is 14.9 Å². The molecule has 0 spiro atoms. The van der Waals surface area contributed by atoms with Crippen LogP contribution in [0.5, 0.6) is 0 Å². The lowest BCUT2D eigenvalue weighted by molar-refractivity contribution is -0.145. The number of aryl methyl sites for hydroxylation is 1. The number of carbonyl (C=O) groups excluding carboxylic acids is 1. The van der Waals surface area contributed by atoms with E-state index in [2.05, 4.69) is 16.4 Å². The molecular formula is C27H25N5O4. The van der Waals surface area contributed by atoms with Crippen molar-refractivity contribution >= 4 is 33.7 Å². The summed E-state index contributed by atoms with van der Waals surface area (Å²) in [5.41, 5.74) is 10.9. The van der Waals surface area contributed by atoms with Gasteiger partial charge in [0.25, 0.3) is 5.56 Å². The first-order chi connectivity index (χ1) is 17.4. The largest absolute Gasteiger partial charge is 0.461 e. The van der Waals surface area contributed by atoms with E-state index in [-0.39, 0.29) is 29.7 Å². The number of hydrogen-bond acceptors (Lipinski definition) is 8. The number of nitrogens with two attached hydrogens (primary N) is 1. The van der Waals surface area contributed by atoms with Gasteiger partial charge in [-0.25, -0.2) is 4.98 Å². The molecule has 3 heterocycles. The number of nitrogens with one attached hydrogen (secondary N) is 1. The van der Waals surface area contributed by atoms with E-state index in [0.29, 0.717) is 41.2 Å². The number of ether oxygens (including phenoxy) is 1. The molecule has 1 aliphatic heterocycles. The average molecular weight is 484 g/mol. The maximum atomic E-state index is 13.7. The fourth-order valence-electron chi connectivity index (χ4n) is 5.25. The van der Waals surface area contributed by atoms with Gasteiger partial charge in [0.1, 0.15) is 12.2 Å². The van der Waals surface area contributed by atoms with Crippen LogP contribution in [0.3, 0.4) is 0 Å². The van der Waals surface area contributed by atoms with Crippen LogP contribution < -0.4 is 16.6 Å². The lowest BCUT2D eigenvalue weighted by atomic mass is 9.95. The number of nitrogens with zero attached hydrogens (tertiary/aromatic N) is 3. The van der Waals surface area contributed by atoms with Gasteiger partial charge in [0.05, 0.1) is 17.1 Å². The van der Waals surface area contributed by atoms with Crippen LogP contribution in [-0.4, -0.2) is 28.2 Å². The molecule has 0 amide bonds. The minimum atomic E-state index is -0.326. The molecule has 0 radical (unpaired) electrons. The Bertz CT molecular complexity index is 1660. The fourth-order valence-corrected chi connectivity index (χ4v) is 5.25. The quantitative estimate of drug-likeness (QED) is 0.330. The molecule has 0 bridgehead atoms. The van der Waals surface area contributed by atoms with Gasteiger partial charge >= 0.3 is 5.97 Å². The van der Waals surface area contributed by atoms with Crippen molar-refractivity contribution < 1.29 is 13.9 Å². The Morgan fingerprint density at radius 1 is 1.31 bits per heavy atom.